The average molecular weight is 1060 g/mol. The molecule has 74 heavy (non-hydrogen) atoms. The zero-order valence-electron chi connectivity index (χ0n) is 46.1. The number of unbranched alkanes of at least 4 members (excludes halogenated alkanes) is 27. The molecule has 4 unspecified atom stereocenters. The Hall–Kier alpha value is -2.28. The molecule has 11 atom stereocenters. The lowest BCUT2D eigenvalue weighted by Crippen LogP contribution is -2.61. The molecule has 2 aliphatic heterocycles. The van der Waals surface area contributed by atoms with Gasteiger partial charge >= 0.3 is 11.9 Å². The van der Waals surface area contributed by atoms with Crippen LogP contribution in [0, 0.1) is 0 Å². The van der Waals surface area contributed by atoms with Gasteiger partial charge in [0.15, 0.2) is 18.7 Å². The third-order valence-corrected chi connectivity index (χ3v) is 14.1. The number of aliphatic hydroxyl groups excluding tert-OH is 7. The van der Waals surface area contributed by atoms with E-state index in [1.54, 1.807) is 0 Å². The summed E-state index contributed by atoms with van der Waals surface area (Å²) in [5, 5.41) is 72.3. The molecule has 2 heterocycles. The Bertz CT molecular complexity index is 1430. The van der Waals surface area contributed by atoms with E-state index in [-0.39, 0.29) is 26.1 Å². The van der Waals surface area contributed by atoms with Gasteiger partial charge < -0.3 is 64.2 Å². The van der Waals surface area contributed by atoms with Gasteiger partial charge in [0, 0.05) is 12.8 Å². The lowest BCUT2D eigenvalue weighted by Gasteiger charge is -2.42. The highest BCUT2D eigenvalue weighted by molar-refractivity contribution is 5.70. The fraction of sp³-hybridized carbons (Fsp3) is 0.864. The molecule has 0 aromatic rings. The first kappa shape index (κ1) is 67.8. The third-order valence-electron chi connectivity index (χ3n) is 14.1. The first-order valence-electron chi connectivity index (χ1n) is 29.6. The van der Waals surface area contributed by atoms with Gasteiger partial charge in [-0.05, 0) is 51.4 Å². The predicted molar refractivity (Wildman–Crippen MR) is 289 cm³/mol. The number of allylic oxidation sites excluding steroid dienone is 6. The van der Waals surface area contributed by atoms with Crippen molar-refractivity contribution in [1.29, 1.82) is 0 Å². The molecule has 432 valence electrons. The summed E-state index contributed by atoms with van der Waals surface area (Å²) in [4.78, 5) is 25.9. The fourth-order valence-electron chi connectivity index (χ4n) is 9.28. The van der Waals surface area contributed by atoms with E-state index in [1.807, 2.05) is 0 Å². The van der Waals surface area contributed by atoms with Gasteiger partial charge in [-0.2, -0.15) is 0 Å². The van der Waals surface area contributed by atoms with E-state index >= 15 is 0 Å². The van der Waals surface area contributed by atoms with E-state index in [1.165, 1.54) is 128 Å². The Labute approximate surface area is 446 Å². The van der Waals surface area contributed by atoms with E-state index in [0.717, 1.165) is 64.2 Å². The van der Waals surface area contributed by atoms with Crippen molar-refractivity contribution in [3.05, 3.63) is 36.5 Å². The lowest BCUT2D eigenvalue weighted by atomic mass is 9.98. The summed E-state index contributed by atoms with van der Waals surface area (Å²) < 4.78 is 33.7. The summed E-state index contributed by atoms with van der Waals surface area (Å²) >= 11 is 0. The van der Waals surface area contributed by atoms with Gasteiger partial charge in [-0.3, -0.25) is 9.59 Å². The van der Waals surface area contributed by atoms with E-state index in [9.17, 15) is 45.3 Å². The summed E-state index contributed by atoms with van der Waals surface area (Å²) in [6.07, 6.45) is 34.5. The molecule has 0 aliphatic carbocycles. The van der Waals surface area contributed by atoms with Crippen LogP contribution in [0.2, 0.25) is 0 Å². The van der Waals surface area contributed by atoms with Crippen molar-refractivity contribution in [3.8, 4) is 0 Å². The van der Waals surface area contributed by atoms with Crippen molar-refractivity contribution in [1.82, 2.24) is 0 Å². The van der Waals surface area contributed by atoms with Gasteiger partial charge in [0.25, 0.3) is 0 Å². The van der Waals surface area contributed by atoms with Gasteiger partial charge in [0.1, 0.15) is 55.4 Å². The largest absolute Gasteiger partial charge is 0.462 e. The summed E-state index contributed by atoms with van der Waals surface area (Å²) in [7, 11) is 0. The summed E-state index contributed by atoms with van der Waals surface area (Å²) in [5.74, 6) is -0.940. The normalized spacial score (nSPS) is 24.9. The van der Waals surface area contributed by atoms with E-state index < -0.39 is 92.7 Å². The molecular formula is C59H106O15. The van der Waals surface area contributed by atoms with Crippen molar-refractivity contribution in [2.75, 3.05) is 26.4 Å². The second-order valence-electron chi connectivity index (χ2n) is 20.8. The van der Waals surface area contributed by atoms with Crippen molar-refractivity contribution in [2.24, 2.45) is 0 Å². The smallest absolute Gasteiger partial charge is 0.306 e. The van der Waals surface area contributed by atoms with Crippen LogP contribution in [-0.4, -0.2) is 142 Å². The lowest BCUT2D eigenvalue weighted by molar-refractivity contribution is -0.332. The number of rotatable bonds is 47. The summed E-state index contributed by atoms with van der Waals surface area (Å²) in [6, 6.07) is 0. The highest BCUT2D eigenvalue weighted by atomic mass is 16.7. The molecule has 0 amide bonds. The molecule has 2 rings (SSSR count). The third kappa shape index (κ3) is 32.5. The number of esters is 2. The van der Waals surface area contributed by atoms with E-state index in [0.29, 0.717) is 12.8 Å². The molecule has 15 heteroatoms. The first-order chi connectivity index (χ1) is 36.0. The Morgan fingerprint density at radius 1 is 0.432 bits per heavy atom. The highest BCUT2D eigenvalue weighted by Gasteiger charge is 2.47. The summed E-state index contributed by atoms with van der Waals surface area (Å²) in [5.41, 5.74) is 0. The molecular weight excluding hydrogens is 949 g/mol. The van der Waals surface area contributed by atoms with Gasteiger partial charge in [-0.1, -0.05) is 204 Å². The summed E-state index contributed by atoms with van der Waals surface area (Å²) in [6.45, 7) is 2.58. The maximum atomic E-state index is 13.1. The second kappa shape index (κ2) is 45.7. The molecule has 0 bridgehead atoms. The van der Waals surface area contributed by atoms with Crippen LogP contribution >= 0.6 is 0 Å². The van der Waals surface area contributed by atoms with Gasteiger partial charge in [-0.25, -0.2) is 0 Å². The van der Waals surface area contributed by atoms with Crippen LogP contribution in [0.5, 0.6) is 0 Å². The molecule has 0 aromatic heterocycles. The zero-order valence-corrected chi connectivity index (χ0v) is 46.1. The molecule has 0 saturated carbocycles. The van der Waals surface area contributed by atoms with E-state index in [4.69, 9.17) is 28.4 Å². The SMILES string of the molecule is CCCCC/C=C/C/C=C/C/C=C/CCCCCCC(=O)OC[C@H](CO[C@H]1O[C@@H](CO[C@H]2O[C@@H](CO)[C@@H](O)C(O)C2O)[C@@H](O)C(O)C1O)OC(=O)CCCCCCCCCCCCCCCCCCCCCCC. The van der Waals surface area contributed by atoms with Crippen molar-refractivity contribution < 1.29 is 73.8 Å². The maximum Gasteiger partial charge on any atom is 0.306 e. The standard InChI is InChI=1S/C59H106O15/c1-3-5-7-9-11-13-15-17-19-21-22-23-24-26-28-30-32-34-36-38-40-42-51(62)72-47(44-69-50(61)41-39-37-35-33-31-29-27-25-20-18-16-14-12-10-8-6-4-2)45-70-58-57(68)55(66)53(64)49(74-58)46-71-59-56(67)54(65)52(63)48(43-60)73-59/h12,14,18,20,27,29,47-49,52-60,63-68H,3-11,13,15-17,19,21-26,28,30-46H2,1-2H3/b14-12+,20-18+,29-27+/t47-,48+,49+,52-,53-,54?,55?,56?,57?,58+,59+/m1/s1. The Morgan fingerprint density at radius 3 is 1.30 bits per heavy atom. The molecule has 7 N–H and O–H groups in total. The number of aliphatic hydroxyl groups is 7. The highest BCUT2D eigenvalue weighted by Crippen LogP contribution is 2.27. The molecule has 0 aromatic carbocycles. The predicted octanol–water partition coefficient (Wildman–Crippen LogP) is 10.1. The van der Waals surface area contributed by atoms with Crippen LogP contribution in [-0.2, 0) is 38.0 Å². The Kier molecular flexibility index (Phi) is 41.9. The van der Waals surface area contributed by atoms with Gasteiger partial charge in [-0.15, -0.1) is 0 Å². The van der Waals surface area contributed by atoms with E-state index in [2.05, 4.69) is 50.3 Å². The average Bonchev–Trinajstić information content (AvgIpc) is 3.39. The van der Waals surface area contributed by atoms with Crippen LogP contribution in [0.4, 0.5) is 0 Å². The Balaban J connectivity index is 1.75. The topological polar surface area (TPSA) is 231 Å². The minimum absolute atomic E-state index is 0.164. The number of carbonyl (C=O) groups is 2. The van der Waals surface area contributed by atoms with Crippen molar-refractivity contribution >= 4 is 11.9 Å². The number of hydrogen-bond acceptors (Lipinski definition) is 15. The van der Waals surface area contributed by atoms with Crippen LogP contribution < -0.4 is 0 Å². The van der Waals surface area contributed by atoms with Gasteiger partial charge in [0.05, 0.1) is 19.8 Å². The number of hydrogen-bond donors (Lipinski definition) is 7. The number of ether oxygens (including phenoxy) is 6. The monoisotopic (exact) mass is 1050 g/mol. The molecule has 2 aliphatic rings. The molecule has 15 nitrogen and oxygen atoms in total. The molecule has 2 fully saturated rings. The zero-order chi connectivity index (χ0) is 53.9. The fourth-order valence-corrected chi connectivity index (χ4v) is 9.28. The molecule has 0 spiro atoms. The first-order valence-corrected chi connectivity index (χ1v) is 29.6. The van der Waals surface area contributed by atoms with Crippen LogP contribution in [0.25, 0.3) is 0 Å². The van der Waals surface area contributed by atoms with Crippen LogP contribution in [0.3, 0.4) is 0 Å². The quantitative estimate of drug-likeness (QED) is 0.0171. The van der Waals surface area contributed by atoms with Crippen molar-refractivity contribution in [3.63, 3.8) is 0 Å². The maximum absolute atomic E-state index is 13.1. The van der Waals surface area contributed by atoms with Crippen molar-refractivity contribution in [2.45, 2.75) is 300 Å². The molecule has 0 radical (unpaired) electrons. The minimum Gasteiger partial charge on any atom is -0.462 e. The molecule has 2 saturated heterocycles. The van der Waals surface area contributed by atoms with Crippen LogP contribution in [0.15, 0.2) is 36.5 Å². The second-order valence-corrected chi connectivity index (χ2v) is 20.8. The van der Waals surface area contributed by atoms with Gasteiger partial charge in [0.2, 0.25) is 0 Å². The minimum atomic E-state index is -1.77. The number of carbonyl (C=O) groups excluding carboxylic acids is 2. The Morgan fingerprint density at radius 2 is 0.811 bits per heavy atom. The van der Waals surface area contributed by atoms with Crippen LogP contribution in [0.1, 0.15) is 232 Å².